The number of hydrogen-bond acceptors (Lipinski definition) is 5. The Bertz CT molecular complexity index is 352. The highest BCUT2D eigenvalue weighted by Crippen LogP contribution is 2.29. The molecule has 2 rings (SSSR count). The second kappa shape index (κ2) is 5.78. The van der Waals surface area contributed by atoms with Crippen LogP contribution in [0.4, 0.5) is 5.13 Å². The summed E-state index contributed by atoms with van der Waals surface area (Å²) in [7, 11) is 0. The maximum absolute atomic E-state index is 5.90. The molecule has 0 aromatic carbocycles. The first-order valence-electron chi connectivity index (χ1n) is 6.55. The van der Waals surface area contributed by atoms with Gasteiger partial charge in [0.25, 0.3) is 0 Å². The van der Waals surface area contributed by atoms with Gasteiger partial charge in [0, 0.05) is 37.1 Å². The fourth-order valence-corrected chi connectivity index (χ4v) is 3.33. The van der Waals surface area contributed by atoms with Crippen LogP contribution in [0.15, 0.2) is 0 Å². The van der Waals surface area contributed by atoms with Crippen LogP contribution in [0.25, 0.3) is 0 Å². The van der Waals surface area contributed by atoms with Crippen molar-refractivity contribution in [3.8, 4) is 0 Å². The fraction of sp³-hybridized carbons (Fsp3) is 0.833. The molecule has 2 unspecified atom stereocenters. The van der Waals surface area contributed by atoms with Crippen LogP contribution in [-0.4, -0.2) is 28.5 Å². The number of hydrogen-bond donors (Lipinski definition) is 1. The Balaban J connectivity index is 2.12. The predicted molar refractivity (Wildman–Crippen MR) is 72.5 cm³/mol. The van der Waals surface area contributed by atoms with E-state index in [1.165, 1.54) is 24.4 Å². The summed E-state index contributed by atoms with van der Waals surface area (Å²) in [6.07, 6.45) is 4.60. The number of anilines is 1. The highest BCUT2D eigenvalue weighted by atomic mass is 32.1. The SMILES string of the molecule is CCCc1nsc(N2CCCC(C)C2CN)n1. The molecule has 96 valence electrons. The Morgan fingerprint density at radius 3 is 3.06 bits per heavy atom. The van der Waals surface area contributed by atoms with E-state index < -0.39 is 0 Å². The second-order valence-corrected chi connectivity index (χ2v) is 5.59. The molecule has 4 nitrogen and oxygen atoms in total. The monoisotopic (exact) mass is 254 g/mol. The number of aryl methyl sites for hydroxylation is 1. The number of piperidine rings is 1. The summed E-state index contributed by atoms with van der Waals surface area (Å²) in [6.45, 7) is 6.24. The highest BCUT2D eigenvalue weighted by Gasteiger charge is 2.29. The van der Waals surface area contributed by atoms with Gasteiger partial charge in [-0.2, -0.15) is 4.37 Å². The van der Waals surface area contributed by atoms with Crippen molar-refractivity contribution < 1.29 is 0 Å². The van der Waals surface area contributed by atoms with Crippen molar-refractivity contribution in [2.24, 2.45) is 11.7 Å². The zero-order chi connectivity index (χ0) is 12.3. The summed E-state index contributed by atoms with van der Waals surface area (Å²) in [5.74, 6) is 1.65. The van der Waals surface area contributed by atoms with Gasteiger partial charge in [0.2, 0.25) is 5.13 Å². The molecule has 0 spiro atoms. The molecule has 0 aliphatic carbocycles. The largest absolute Gasteiger partial charge is 0.342 e. The van der Waals surface area contributed by atoms with Crippen molar-refractivity contribution in [1.29, 1.82) is 0 Å². The van der Waals surface area contributed by atoms with E-state index >= 15 is 0 Å². The first-order valence-corrected chi connectivity index (χ1v) is 7.33. The van der Waals surface area contributed by atoms with Crippen LogP contribution in [0, 0.1) is 5.92 Å². The molecule has 0 saturated carbocycles. The minimum Gasteiger partial charge on any atom is -0.342 e. The molecule has 2 atom stereocenters. The minimum atomic E-state index is 0.436. The third-order valence-electron chi connectivity index (χ3n) is 3.53. The zero-order valence-corrected chi connectivity index (χ0v) is 11.5. The third-order valence-corrected chi connectivity index (χ3v) is 4.32. The maximum atomic E-state index is 5.90. The Morgan fingerprint density at radius 2 is 2.35 bits per heavy atom. The van der Waals surface area contributed by atoms with E-state index in [4.69, 9.17) is 5.73 Å². The van der Waals surface area contributed by atoms with Gasteiger partial charge in [0.1, 0.15) is 5.82 Å². The summed E-state index contributed by atoms with van der Waals surface area (Å²) in [6, 6.07) is 0.436. The number of nitrogens with two attached hydrogens (primary N) is 1. The third kappa shape index (κ3) is 2.77. The van der Waals surface area contributed by atoms with E-state index in [9.17, 15) is 0 Å². The Labute approximate surface area is 107 Å². The van der Waals surface area contributed by atoms with E-state index in [2.05, 4.69) is 28.1 Å². The molecular weight excluding hydrogens is 232 g/mol. The van der Waals surface area contributed by atoms with Gasteiger partial charge in [-0.15, -0.1) is 0 Å². The molecule has 1 saturated heterocycles. The fourth-order valence-electron chi connectivity index (χ4n) is 2.53. The molecule has 0 bridgehead atoms. The van der Waals surface area contributed by atoms with Gasteiger partial charge in [-0.05, 0) is 25.2 Å². The van der Waals surface area contributed by atoms with Crippen LogP contribution in [0.3, 0.4) is 0 Å². The van der Waals surface area contributed by atoms with Gasteiger partial charge in [-0.25, -0.2) is 4.98 Å². The van der Waals surface area contributed by atoms with Crippen molar-refractivity contribution in [3.05, 3.63) is 5.82 Å². The molecule has 1 fully saturated rings. The van der Waals surface area contributed by atoms with E-state index in [0.29, 0.717) is 18.5 Å². The van der Waals surface area contributed by atoms with Gasteiger partial charge in [-0.1, -0.05) is 13.8 Å². The van der Waals surface area contributed by atoms with E-state index in [1.54, 1.807) is 0 Å². The molecule has 1 aromatic rings. The number of nitrogens with zero attached hydrogens (tertiary/aromatic N) is 3. The van der Waals surface area contributed by atoms with E-state index in [1.807, 2.05) is 0 Å². The van der Waals surface area contributed by atoms with Crippen molar-refractivity contribution in [2.75, 3.05) is 18.0 Å². The molecular formula is C12H22N4S. The van der Waals surface area contributed by atoms with Crippen molar-refractivity contribution in [2.45, 2.75) is 45.6 Å². The predicted octanol–water partition coefficient (Wildman–Crippen LogP) is 2.05. The minimum absolute atomic E-state index is 0.436. The number of aromatic nitrogens is 2. The molecule has 0 amide bonds. The average molecular weight is 254 g/mol. The highest BCUT2D eigenvalue weighted by molar-refractivity contribution is 7.09. The Morgan fingerprint density at radius 1 is 1.53 bits per heavy atom. The Hall–Kier alpha value is -0.680. The molecule has 2 N–H and O–H groups in total. The lowest BCUT2D eigenvalue weighted by Gasteiger charge is -2.39. The van der Waals surface area contributed by atoms with Crippen LogP contribution < -0.4 is 10.6 Å². The lowest BCUT2D eigenvalue weighted by atomic mass is 9.91. The molecule has 17 heavy (non-hydrogen) atoms. The van der Waals surface area contributed by atoms with Gasteiger partial charge in [0.15, 0.2) is 0 Å². The van der Waals surface area contributed by atoms with Crippen molar-refractivity contribution >= 4 is 16.7 Å². The van der Waals surface area contributed by atoms with Crippen molar-refractivity contribution in [3.63, 3.8) is 0 Å². The van der Waals surface area contributed by atoms with Crippen LogP contribution in [0.1, 0.15) is 38.9 Å². The van der Waals surface area contributed by atoms with Crippen LogP contribution in [0.2, 0.25) is 0 Å². The Kier molecular flexibility index (Phi) is 4.34. The van der Waals surface area contributed by atoms with Crippen LogP contribution >= 0.6 is 11.5 Å². The standard InChI is InChI=1S/C12H22N4S/c1-3-5-11-14-12(17-15-11)16-7-4-6-9(2)10(16)8-13/h9-10H,3-8,13H2,1-2H3. The molecule has 1 aromatic heterocycles. The molecule has 5 heteroatoms. The molecule has 1 aliphatic heterocycles. The van der Waals surface area contributed by atoms with E-state index in [-0.39, 0.29) is 0 Å². The quantitative estimate of drug-likeness (QED) is 0.893. The molecule has 0 radical (unpaired) electrons. The molecule has 1 aliphatic rings. The summed E-state index contributed by atoms with van der Waals surface area (Å²) >= 11 is 1.53. The van der Waals surface area contributed by atoms with Gasteiger partial charge < -0.3 is 10.6 Å². The lowest BCUT2D eigenvalue weighted by molar-refractivity contribution is 0.349. The van der Waals surface area contributed by atoms with Gasteiger partial charge in [0.05, 0.1) is 0 Å². The molecule has 2 heterocycles. The first kappa shape index (κ1) is 12.8. The topological polar surface area (TPSA) is 55.0 Å². The average Bonchev–Trinajstić information content (AvgIpc) is 2.78. The second-order valence-electron chi connectivity index (χ2n) is 4.86. The number of rotatable bonds is 4. The lowest BCUT2D eigenvalue weighted by Crippen LogP contribution is -2.48. The van der Waals surface area contributed by atoms with Gasteiger partial charge >= 0.3 is 0 Å². The first-order chi connectivity index (χ1) is 8.26. The summed E-state index contributed by atoms with van der Waals surface area (Å²) in [5.41, 5.74) is 5.90. The van der Waals surface area contributed by atoms with Crippen LogP contribution in [-0.2, 0) is 6.42 Å². The zero-order valence-electron chi connectivity index (χ0n) is 10.7. The van der Waals surface area contributed by atoms with Crippen LogP contribution in [0.5, 0.6) is 0 Å². The smallest absolute Gasteiger partial charge is 0.205 e. The van der Waals surface area contributed by atoms with E-state index in [0.717, 1.165) is 30.3 Å². The maximum Gasteiger partial charge on any atom is 0.205 e. The van der Waals surface area contributed by atoms with Gasteiger partial charge in [-0.3, -0.25) is 0 Å². The summed E-state index contributed by atoms with van der Waals surface area (Å²) in [5, 5.41) is 1.07. The summed E-state index contributed by atoms with van der Waals surface area (Å²) < 4.78 is 4.42. The van der Waals surface area contributed by atoms with Crippen molar-refractivity contribution in [1.82, 2.24) is 9.36 Å². The summed E-state index contributed by atoms with van der Waals surface area (Å²) in [4.78, 5) is 7.00. The normalized spacial score (nSPS) is 25.2.